The van der Waals surface area contributed by atoms with Crippen molar-refractivity contribution in [1.82, 2.24) is 5.32 Å². The molecule has 0 bridgehead atoms. The van der Waals surface area contributed by atoms with Gasteiger partial charge in [0, 0.05) is 29.2 Å². The molecule has 1 aliphatic heterocycles. The standard InChI is InChI=1S/C13H17BrN2O3S/c14-10-2-1-3-11(8-10)16-13(17)4-6-15-12-5-7-20(18,19)9-12/h1-3,8,12,15H,4-7,9H2,(H,16,17). The van der Waals surface area contributed by atoms with Crippen LogP contribution in [0.1, 0.15) is 12.8 Å². The highest BCUT2D eigenvalue weighted by Crippen LogP contribution is 2.15. The van der Waals surface area contributed by atoms with E-state index in [9.17, 15) is 13.2 Å². The van der Waals surface area contributed by atoms with Gasteiger partial charge in [0.2, 0.25) is 5.91 Å². The number of sulfone groups is 1. The Labute approximate surface area is 127 Å². The maximum atomic E-state index is 11.7. The Balaban J connectivity index is 1.71. The number of halogens is 1. The molecule has 110 valence electrons. The molecule has 1 saturated heterocycles. The lowest BCUT2D eigenvalue weighted by molar-refractivity contribution is -0.116. The first-order valence-electron chi connectivity index (χ1n) is 6.44. The van der Waals surface area contributed by atoms with Crippen molar-refractivity contribution in [1.29, 1.82) is 0 Å². The molecular weight excluding hydrogens is 344 g/mol. The summed E-state index contributed by atoms with van der Waals surface area (Å²) in [5, 5.41) is 5.91. The third-order valence-corrected chi connectivity index (χ3v) is 5.39. The molecule has 1 aromatic carbocycles. The Morgan fingerprint density at radius 3 is 2.85 bits per heavy atom. The summed E-state index contributed by atoms with van der Waals surface area (Å²) >= 11 is 3.34. The zero-order valence-electron chi connectivity index (χ0n) is 10.9. The van der Waals surface area contributed by atoms with Gasteiger partial charge in [0.15, 0.2) is 9.84 Å². The molecule has 1 fully saturated rings. The van der Waals surface area contributed by atoms with E-state index in [0.717, 1.165) is 10.2 Å². The molecule has 1 aromatic rings. The van der Waals surface area contributed by atoms with Crippen LogP contribution >= 0.6 is 15.9 Å². The maximum Gasteiger partial charge on any atom is 0.225 e. The van der Waals surface area contributed by atoms with E-state index in [1.165, 1.54) is 0 Å². The van der Waals surface area contributed by atoms with Crippen molar-refractivity contribution < 1.29 is 13.2 Å². The van der Waals surface area contributed by atoms with Crippen molar-refractivity contribution >= 4 is 37.4 Å². The first-order valence-corrected chi connectivity index (χ1v) is 9.05. The molecule has 5 nitrogen and oxygen atoms in total. The largest absolute Gasteiger partial charge is 0.326 e. The van der Waals surface area contributed by atoms with Crippen LogP contribution in [0.15, 0.2) is 28.7 Å². The number of rotatable bonds is 5. The summed E-state index contributed by atoms with van der Waals surface area (Å²) in [6.45, 7) is 0.486. The average molecular weight is 361 g/mol. The third kappa shape index (κ3) is 4.88. The smallest absolute Gasteiger partial charge is 0.225 e. The van der Waals surface area contributed by atoms with Gasteiger partial charge in [-0.1, -0.05) is 22.0 Å². The lowest BCUT2D eigenvalue weighted by Crippen LogP contribution is -2.32. The molecule has 0 aliphatic carbocycles. The van der Waals surface area contributed by atoms with Crippen molar-refractivity contribution in [3.63, 3.8) is 0 Å². The third-order valence-electron chi connectivity index (χ3n) is 3.13. The van der Waals surface area contributed by atoms with Crippen LogP contribution in [0.5, 0.6) is 0 Å². The lowest BCUT2D eigenvalue weighted by atomic mass is 10.2. The zero-order chi connectivity index (χ0) is 14.6. The van der Waals surface area contributed by atoms with E-state index < -0.39 is 9.84 Å². The summed E-state index contributed by atoms with van der Waals surface area (Å²) in [7, 11) is -2.87. The minimum absolute atomic E-state index is 0.0151. The molecule has 1 atom stereocenters. The van der Waals surface area contributed by atoms with E-state index in [0.29, 0.717) is 19.4 Å². The summed E-state index contributed by atoms with van der Waals surface area (Å²) in [4.78, 5) is 11.7. The van der Waals surface area contributed by atoms with Crippen LogP contribution in [0, 0.1) is 0 Å². The summed E-state index contributed by atoms with van der Waals surface area (Å²) in [6, 6.07) is 7.37. The minimum atomic E-state index is -2.87. The van der Waals surface area contributed by atoms with Crippen molar-refractivity contribution in [3.05, 3.63) is 28.7 Å². The van der Waals surface area contributed by atoms with Gasteiger partial charge < -0.3 is 10.6 Å². The quantitative estimate of drug-likeness (QED) is 0.835. The highest BCUT2D eigenvalue weighted by atomic mass is 79.9. The molecule has 1 heterocycles. The van der Waals surface area contributed by atoms with Crippen LogP contribution < -0.4 is 10.6 Å². The van der Waals surface area contributed by atoms with Gasteiger partial charge in [-0.3, -0.25) is 4.79 Å². The number of carbonyl (C=O) groups is 1. The van der Waals surface area contributed by atoms with Crippen LogP contribution in [0.3, 0.4) is 0 Å². The average Bonchev–Trinajstić information content (AvgIpc) is 2.69. The Bertz CT molecular complexity index is 589. The second-order valence-corrected chi connectivity index (χ2v) is 8.01. The van der Waals surface area contributed by atoms with Crippen molar-refractivity contribution in [3.8, 4) is 0 Å². The first kappa shape index (κ1) is 15.5. The van der Waals surface area contributed by atoms with Crippen LogP contribution in [-0.2, 0) is 14.6 Å². The predicted octanol–water partition coefficient (Wildman–Crippen LogP) is 1.55. The molecule has 1 aliphatic rings. The molecule has 0 radical (unpaired) electrons. The Hall–Kier alpha value is -0.920. The minimum Gasteiger partial charge on any atom is -0.326 e. The zero-order valence-corrected chi connectivity index (χ0v) is 13.3. The van der Waals surface area contributed by atoms with Crippen LogP contribution in [0.25, 0.3) is 0 Å². The molecule has 7 heteroatoms. The van der Waals surface area contributed by atoms with Crippen LogP contribution in [0.4, 0.5) is 5.69 Å². The normalized spacial score (nSPS) is 20.8. The van der Waals surface area contributed by atoms with E-state index >= 15 is 0 Å². The highest BCUT2D eigenvalue weighted by Gasteiger charge is 2.27. The van der Waals surface area contributed by atoms with Gasteiger partial charge >= 0.3 is 0 Å². The molecule has 1 amide bonds. The number of hydrogen-bond donors (Lipinski definition) is 2. The number of anilines is 1. The summed E-state index contributed by atoms with van der Waals surface area (Å²) in [5.41, 5.74) is 0.743. The summed E-state index contributed by atoms with van der Waals surface area (Å²) in [6.07, 6.45) is 0.957. The predicted molar refractivity (Wildman–Crippen MR) is 82.5 cm³/mol. The van der Waals surface area contributed by atoms with Crippen molar-refractivity contribution in [2.24, 2.45) is 0 Å². The Morgan fingerprint density at radius 2 is 2.20 bits per heavy atom. The van der Waals surface area contributed by atoms with Gasteiger partial charge in [-0.2, -0.15) is 0 Å². The van der Waals surface area contributed by atoms with Gasteiger partial charge in [-0.05, 0) is 24.6 Å². The van der Waals surface area contributed by atoms with E-state index in [2.05, 4.69) is 26.6 Å². The molecule has 0 spiro atoms. The molecule has 0 aromatic heterocycles. The number of nitrogens with one attached hydrogen (secondary N) is 2. The second-order valence-electron chi connectivity index (χ2n) is 4.86. The fraction of sp³-hybridized carbons (Fsp3) is 0.462. The highest BCUT2D eigenvalue weighted by molar-refractivity contribution is 9.10. The monoisotopic (exact) mass is 360 g/mol. The van der Waals surface area contributed by atoms with Gasteiger partial charge in [0.1, 0.15) is 0 Å². The van der Waals surface area contributed by atoms with Crippen LogP contribution in [-0.4, -0.2) is 38.4 Å². The molecule has 2 rings (SSSR count). The Kier molecular flexibility index (Phi) is 5.17. The first-order chi connectivity index (χ1) is 9.44. The molecule has 1 unspecified atom stereocenters. The second kappa shape index (κ2) is 6.69. The molecule has 2 N–H and O–H groups in total. The van der Waals surface area contributed by atoms with Crippen molar-refractivity contribution in [2.45, 2.75) is 18.9 Å². The number of amides is 1. The van der Waals surface area contributed by atoms with E-state index in [1.807, 2.05) is 24.3 Å². The summed E-state index contributed by atoms with van der Waals surface area (Å²) in [5.74, 6) is 0.339. The van der Waals surface area contributed by atoms with Gasteiger partial charge in [-0.25, -0.2) is 8.42 Å². The number of carbonyl (C=O) groups excluding carboxylic acids is 1. The SMILES string of the molecule is O=C(CCNC1CCS(=O)(=O)C1)Nc1cccc(Br)c1. The molecule has 20 heavy (non-hydrogen) atoms. The topological polar surface area (TPSA) is 75.3 Å². The van der Waals surface area contributed by atoms with E-state index in [1.54, 1.807) is 0 Å². The van der Waals surface area contributed by atoms with Gasteiger partial charge in [0.25, 0.3) is 0 Å². The lowest BCUT2D eigenvalue weighted by Gasteiger charge is -2.10. The molecule has 0 saturated carbocycles. The molecular formula is C13H17BrN2O3S. The number of benzene rings is 1. The van der Waals surface area contributed by atoms with Crippen LogP contribution in [0.2, 0.25) is 0 Å². The Morgan fingerprint density at radius 1 is 1.40 bits per heavy atom. The van der Waals surface area contributed by atoms with Gasteiger partial charge in [0.05, 0.1) is 11.5 Å². The fourth-order valence-corrected chi connectivity index (χ4v) is 4.24. The van der Waals surface area contributed by atoms with Crippen molar-refractivity contribution in [2.75, 3.05) is 23.4 Å². The summed E-state index contributed by atoms with van der Waals surface area (Å²) < 4.78 is 23.5. The van der Waals surface area contributed by atoms with E-state index in [4.69, 9.17) is 0 Å². The van der Waals surface area contributed by atoms with E-state index in [-0.39, 0.29) is 23.5 Å². The van der Waals surface area contributed by atoms with Gasteiger partial charge in [-0.15, -0.1) is 0 Å². The fourth-order valence-electron chi connectivity index (χ4n) is 2.14. The maximum absolute atomic E-state index is 11.7. The number of hydrogen-bond acceptors (Lipinski definition) is 4.